The maximum atomic E-state index is 13.3. The summed E-state index contributed by atoms with van der Waals surface area (Å²) in [6, 6.07) is 21.5. The number of hydrogen-bond acceptors (Lipinski definition) is 4. The number of carbonyl (C=O) groups excluding carboxylic acids is 1. The van der Waals surface area contributed by atoms with Crippen molar-refractivity contribution in [2.45, 2.75) is 24.7 Å². The zero-order chi connectivity index (χ0) is 22.0. The summed E-state index contributed by atoms with van der Waals surface area (Å²) in [5, 5.41) is 11.5. The van der Waals surface area contributed by atoms with E-state index in [1.54, 1.807) is 48.5 Å². The highest BCUT2D eigenvalue weighted by atomic mass is 32.2. The molecule has 0 fully saturated rings. The number of sulfonamides is 1. The molecule has 0 aliphatic carbocycles. The third kappa shape index (κ3) is 3.90. The number of nitriles is 1. The Morgan fingerprint density at radius 3 is 2.42 bits per heavy atom. The Labute approximate surface area is 181 Å². The molecule has 1 N–H and O–H groups in total. The summed E-state index contributed by atoms with van der Waals surface area (Å²) >= 11 is 0. The van der Waals surface area contributed by atoms with Gasteiger partial charge in [0.25, 0.3) is 10.0 Å². The molecule has 0 atom stereocenters. The Hall–Kier alpha value is -3.63. The van der Waals surface area contributed by atoms with Crippen molar-refractivity contribution >= 4 is 27.3 Å². The number of amides is 1. The lowest BCUT2D eigenvalue weighted by Crippen LogP contribution is -2.40. The number of hydrogen-bond donors (Lipinski definition) is 1. The van der Waals surface area contributed by atoms with Crippen molar-refractivity contribution in [3.05, 3.63) is 77.9 Å². The summed E-state index contributed by atoms with van der Waals surface area (Å²) in [6.45, 7) is 1.70. The Morgan fingerprint density at radius 1 is 1.00 bits per heavy atom. The summed E-state index contributed by atoms with van der Waals surface area (Å²) in [5.41, 5.74) is 4.43. The van der Waals surface area contributed by atoms with Crippen molar-refractivity contribution in [3.8, 4) is 17.2 Å². The van der Waals surface area contributed by atoms with Crippen LogP contribution in [-0.2, 0) is 27.7 Å². The molecule has 156 valence electrons. The van der Waals surface area contributed by atoms with Gasteiger partial charge in [0, 0.05) is 16.8 Å². The van der Waals surface area contributed by atoms with Crippen molar-refractivity contribution in [3.63, 3.8) is 0 Å². The number of carbonyl (C=O) groups is 1. The van der Waals surface area contributed by atoms with E-state index in [9.17, 15) is 13.2 Å². The predicted molar refractivity (Wildman–Crippen MR) is 120 cm³/mol. The molecule has 7 heteroatoms. The summed E-state index contributed by atoms with van der Waals surface area (Å²) in [6.07, 6.45) is 1.11. The molecule has 1 aliphatic heterocycles. The highest BCUT2D eigenvalue weighted by Gasteiger charge is 2.35. The fraction of sp³-hybridized carbons (Fsp3) is 0.167. The van der Waals surface area contributed by atoms with Crippen LogP contribution >= 0.6 is 0 Å². The monoisotopic (exact) mass is 431 g/mol. The van der Waals surface area contributed by atoms with Gasteiger partial charge in [-0.25, -0.2) is 8.42 Å². The molecular formula is C24H21N3O3S. The third-order valence-corrected chi connectivity index (χ3v) is 7.11. The molecule has 4 rings (SSSR count). The molecule has 6 nitrogen and oxygen atoms in total. The maximum Gasteiger partial charge on any atom is 0.265 e. The van der Waals surface area contributed by atoms with Crippen LogP contribution < -0.4 is 9.62 Å². The van der Waals surface area contributed by atoms with E-state index in [4.69, 9.17) is 5.26 Å². The largest absolute Gasteiger partial charge is 0.325 e. The number of aryl methyl sites for hydroxylation is 1. The Balaban J connectivity index is 1.66. The van der Waals surface area contributed by atoms with E-state index in [1.807, 2.05) is 25.1 Å². The molecule has 0 aromatic heterocycles. The van der Waals surface area contributed by atoms with Gasteiger partial charge in [-0.15, -0.1) is 0 Å². The second-order valence-electron chi connectivity index (χ2n) is 7.29. The van der Waals surface area contributed by atoms with Crippen LogP contribution in [0.2, 0.25) is 0 Å². The molecule has 0 bridgehead atoms. The van der Waals surface area contributed by atoms with Gasteiger partial charge in [-0.1, -0.05) is 43.3 Å². The van der Waals surface area contributed by atoms with Gasteiger partial charge in [0.15, 0.2) is 0 Å². The minimum Gasteiger partial charge on any atom is -0.325 e. The molecule has 31 heavy (non-hydrogen) atoms. The van der Waals surface area contributed by atoms with E-state index in [0.29, 0.717) is 16.9 Å². The smallest absolute Gasteiger partial charge is 0.265 e. The molecule has 1 aliphatic rings. The SMILES string of the molecule is CCc1ccc2c(c1)-c1ccccc1S(=O)(=O)N2CC(=O)Nc1ccc(CC#N)cc1. The van der Waals surface area contributed by atoms with E-state index in [2.05, 4.69) is 11.4 Å². The Kier molecular flexibility index (Phi) is 5.49. The van der Waals surface area contributed by atoms with Gasteiger partial charge in [0.2, 0.25) is 5.91 Å². The van der Waals surface area contributed by atoms with Crippen molar-refractivity contribution in [1.29, 1.82) is 5.26 Å². The Bertz CT molecular complexity index is 1290. The highest BCUT2D eigenvalue weighted by molar-refractivity contribution is 7.93. The third-order valence-electron chi connectivity index (χ3n) is 5.29. The zero-order valence-electron chi connectivity index (χ0n) is 17.0. The number of benzene rings is 3. The van der Waals surface area contributed by atoms with Gasteiger partial charge >= 0.3 is 0 Å². The quantitative estimate of drug-likeness (QED) is 0.658. The number of fused-ring (bicyclic) bond motifs is 3. The number of rotatable bonds is 5. The van der Waals surface area contributed by atoms with E-state index < -0.39 is 15.9 Å². The standard InChI is InChI=1S/C24H21N3O3S/c1-2-17-9-12-22-21(15-17)20-5-3-4-6-23(20)31(29,30)27(22)16-24(28)26-19-10-7-18(8-11-19)13-14-25/h3-12,15H,2,13,16H2,1H3,(H,26,28). The molecular weight excluding hydrogens is 410 g/mol. The van der Waals surface area contributed by atoms with Crippen molar-refractivity contribution < 1.29 is 13.2 Å². The first kappa shape index (κ1) is 20.6. The van der Waals surface area contributed by atoms with Crippen LogP contribution in [0.4, 0.5) is 11.4 Å². The number of nitrogens with zero attached hydrogens (tertiary/aromatic N) is 2. The van der Waals surface area contributed by atoms with Crippen LogP contribution in [0, 0.1) is 11.3 Å². The fourth-order valence-corrected chi connectivity index (χ4v) is 5.35. The summed E-state index contributed by atoms with van der Waals surface area (Å²) in [5.74, 6) is -0.443. The average molecular weight is 432 g/mol. The minimum absolute atomic E-state index is 0.199. The van der Waals surface area contributed by atoms with Gasteiger partial charge in [-0.05, 0) is 47.9 Å². The normalized spacial score (nSPS) is 13.6. The van der Waals surface area contributed by atoms with Crippen molar-refractivity contribution in [1.82, 2.24) is 0 Å². The summed E-state index contributed by atoms with van der Waals surface area (Å²) in [7, 11) is -3.88. The summed E-state index contributed by atoms with van der Waals surface area (Å²) < 4.78 is 27.9. The van der Waals surface area contributed by atoms with Crippen molar-refractivity contribution in [2.75, 3.05) is 16.2 Å². The number of anilines is 2. The van der Waals surface area contributed by atoms with Crippen LogP contribution in [0.5, 0.6) is 0 Å². The second-order valence-corrected chi connectivity index (χ2v) is 9.12. The van der Waals surface area contributed by atoms with Crippen molar-refractivity contribution in [2.24, 2.45) is 0 Å². The lowest BCUT2D eigenvalue weighted by Gasteiger charge is -2.32. The lowest BCUT2D eigenvalue weighted by atomic mass is 9.99. The van der Waals surface area contributed by atoms with E-state index in [0.717, 1.165) is 23.1 Å². The van der Waals surface area contributed by atoms with Crippen LogP contribution in [0.25, 0.3) is 11.1 Å². The van der Waals surface area contributed by atoms with E-state index >= 15 is 0 Å². The van der Waals surface area contributed by atoms with Gasteiger partial charge in [-0.2, -0.15) is 5.26 Å². The van der Waals surface area contributed by atoms with Crippen LogP contribution in [0.3, 0.4) is 0 Å². The number of nitrogens with one attached hydrogen (secondary N) is 1. The zero-order valence-corrected chi connectivity index (χ0v) is 17.8. The van der Waals surface area contributed by atoms with Gasteiger partial charge in [-0.3, -0.25) is 9.10 Å². The molecule has 0 saturated carbocycles. The predicted octanol–water partition coefficient (Wildman–Crippen LogP) is 4.13. The molecule has 3 aromatic carbocycles. The van der Waals surface area contributed by atoms with Gasteiger partial charge in [0.1, 0.15) is 6.54 Å². The Morgan fingerprint density at radius 2 is 1.71 bits per heavy atom. The molecule has 0 unspecified atom stereocenters. The van der Waals surface area contributed by atoms with Crippen LogP contribution in [-0.4, -0.2) is 20.9 Å². The highest BCUT2D eigenvalue weighted by Crippen LogP contribution is 2.43. The maximum absolute atomic E-state index is 13.3. The first-order chi connectivity index (χ1) is 14.9. The minimum atomic E-state index is -3.88. The van der Waals surface area contributed by atoms with Gasteiger partial charge in [0.05, 0.1) is 23.1 Å². The average Bonchev–Trinajstić information content (AvgIpc) is 2.78. The van der Waals surface area contributed by atoms with E-state index in [-0.39, 0.29) is 17.9 Å². The molecule has 0 saturated heterocycles. The first-order valence-electron chi connectivity index (χ1n) is 9.95. The summed E-state index contributed by atoms with van der Waals surface area (Å²) in [4.78, 5) is 13.0. The topological polar surface area (TPSA) is 90.3 Å². The van der Waals surface area contributed by atoms with Crippen LogP contribution in [0.15, 0.2) is 71.6 Å². The molecule has 3 aromatic rings. The van der Waals surface area contributed by atoms with Crippen LogP contribution in [0.1, 0.15) is 18.1 Å². The molecule has 1 heterocycles. The van der Waals surface area contributed by atoms with E-state index in [1.165, 1.54) is 4.31 Å². The second kappa shape index (κ2) is 8.25. The first-order valence-corrected chi connectivity index (χ1v) is 11.4. The molecule has 0 radical (unpaired) electrons. The molecule has 1 amide bonds. The fourth-order valence-electron chi connectivity index (χ4n) is 3.70. The lowest BCUT2D eigenvalue weighted by molar-refractivity contribution is -0.114. The van der Waals surface area contributed by atoms with Gasteiger partial charge < -0.3 is 5.32 Å². The molecule has 0 spiro atoms.